The van der Waals surface area contributed by atoms with Crippen LogP contribution >= 0.6 is 23.4 Å². The summed E-state index contributed by atoms with van der Waals surface area (Å²) >= 11 is 8.17. The molecule has 2 aromatic heterocycles. The van der Waals surface area contributed by atoms with E-state index in [0.717, 1.165) is 50.7 Å². The van der Waals surface area contributed by atoms with Crippen LogP contribution in [0.1, 0.15) is 42.4 Å². The molecule has 1 saturated heterocycles. The van der Waals surface area contributed by atoms with Crippen LogP contribution in [0.3, 0.4) is 0 Å². The molecule has 2 aliphatic rings. The summed E-state index contributed by atoms with van der Waals surface area (Å²) in [5, 5.41) is 1.86. The minimum Gasteiger partial charge on any atom is -0.459 e. The molecule has 148 valence electrons. The molecular weight excluding hydrogens is 402 g/mol. The molecule has 0 radical (unpaired) electrons. The molecule has 4 nitrogen and oxygen atoms in total. The lowest BCUT2D eigenvalue weighted by Gasteiger charge is -2.30. The zero-order valence-electron chi connectivity index (χ0n) is 16.4. The number of aryl methyl sites for hydroxylation is 1. The van der Waals surface area contributed by atoms with E-state index in [1.165, 1.54) is 0 Å². The Hall–Kier alpha value is -2.24. The van der Waals surface area contributed by atoms with E-state index in [9.17, 15) is 0 Å². The van der Waals surface area contributed by atoms with E-state index in [4.69, 9.17) is 21.0 Å². The third kappa shape index (κ3) is 3.26. The minimum absolute atomic E-state index is 0.0227. The molecule has 0 unspecified atom stereocenters. The number of hydrogen-bond acceptors (Lipinski definition) is 5. The van der Waals surface area contributed by atoms with Crippen LogP contribution in [0.2, 0.25) is 5.02 Å². The van der Waals surface area contributed by atoms with E-state index in [-0.39, 0.29) is 12.1 Å². The molecule has 29 heavy (non-hydrogen) atoms. The van der Waals surface area contributed by atoms with Crippen molar-refractivity contribution >= 4 is 28.5 Å². The highest BCUT2D eigenvalue weighted by Crippen LogP contribution is 2.49. The van der Waals surface area contributed by atoms with Crippen LogP contribution in [-0.2, 0) is 0 Å². The summed E-state index contributed by atoms with van der Waals surface area (Å²) in [6, 6.07) is 16.6. The summed E-state index contributed by atoms with van der Waals surface area (Å²) in [7, 11) is 0. The van der Waals surface area contributed by atoms with Crippen molar-refractivity contribution < 1.29 is 4.42 Å². The minimum atomic E-state index is -0.0614. The van der Waals surface area contributed by atoms with E-state index in [2.05, 4.69) is 35.0 Å². The first-order valence-corrected chi connectivity index (χ1v) is 11.3. The maximum Gasteiger partial charge on any atom is 0.161 e. The van der Waals surface area contributed by atoms with E-state index in [0.29, 0.717) is 6.04 Å². The van der Waals surface area contributed by atoms with E-state index < -0.39 is 0 Å². The zero-order chi connectivity index (χ0) is 20.0. The fourth-order valence-corrected chi connectivity index (χ4v) is 5.59. The molecule has 0 amide bonds. The largest absolute Gasteiger partial charge is 0.459 e. The Bertz CT molecular complexity index is 1060. The Morgan fingerprint density at radius 3 is 2.86 bits per heavy atom. The van der Waals surface area contributed by atoms with Gasteiger partial charge in [-0.25, -0.2) is 4.99 Å². The smallest absolute Gasteiger partial charge is 0.161 e. The van der Waals surface area contributed by atoms with Gasteiger partial charge in [-0.1, -0.05) is 48.5 Å². The van der Waals surface area contributed by atoms with Crippen LogP contribution in [0.25, 0.3) is 11.3 Å². The van der Waals surface area contributed by atoms with Crippen molar-refractivity contribution in [1.29, 1.82) is 0 Å². The summed E-state index contributed by atoms with van der Waals surface area (Å²) in [6.45, 7) is 4.24. The van der Waals surface area contributed by atoms with Crippen molar-refractivity contribution in [2.75, 3.05) is 5.75 Å². The standard InChI is InChI=1S/C23H22ClN3OS/c1-3-16-13-29-23-26-21(18-6-4-5-11-25-18)22(27(16)23)20-10-9-19(28-20)15-8-7-14(2)17(24)12-15/h4-12,16,21-22H,3,13H2,1-2H3/t16-,21-,22+/m1/s1. The molecule has 0 spiro atoms. The van der Waals surface area contributed by atoms with Crippen LogP contribution in [0.15, 0.2) is 64.1 Å². The predicted octanol–water partition coefficient (Wildman–Crippen LogP) is 6.28. The molecule has 0 bridgehead atoms. The highest BCUT2D eigenvalue weighted by atomic mass is 35.5. The first-order valence-electron chi connectivity index (χ1n) is 9.92. The fraction of sp³-hybridized carbons (Fsp3) is 0.304. The van der Waals surface area contributed by atoms with Crippen molar-refractivity contribution in [2.45, 2.75) is 38.4 Å². The number of nitrogens with zero attached hydrogens (tertiary/aromatic N) is 3. The summed E-state index contributed by atoms with van der Waals surface area (Å²) in [5.41, 5.74) is 3.03. The van der Waals surface area contributed by atoms with Gasteiger partial charge in [0, 0.05) is 28.6 Å². The molecular formula is C23H22ClN3OS. The second kappa shape index (κ2) is 7.54. The molecule has 0 N–H and O–H groups in total. The number of fused-ring (bicyclic) bond motifs is 1. The van der Waals surface area contributed by atoms with Gasteiger partial charge in [-0.15, -0.1) is 0 Å². The number of aromatic nitrogens is 1. The molecule has 3 aromatic rings. The monoisotopic (exact) mass is 423 g/mol. The van der Waals surface area contributed by atoms with Gasteiger partial charge in [0.25, 0.3) is 0 Å². The number of aliphatic imine (C=N–C) groups is 1. The Morgan fingerprint density at radius 2 is 2.10 bits per heavy atom. The van der Waals surface area contributed by atoms with Crippen LogP contribution in [0, 0.1) is 6.92 Å². The van der Waals surface area contributed by atoms with Crippen LogP contribution in [0.5, 0.6) is 0 Å². The van der Waals surface area contributed by atoms with Crippen LogP contribution in [0.4, 0.5) is 0 Å². The number of pyridine rings is 1. The van der Waals surface area contributed by atoms with Gasteiger partial charge in [-0.2, -0.15) is 0 Å². The lowest BCUT2D eigenvalue weighted by atomic mass is 10.0. The van der Waals surface area contributed by atoms with Crippen LogP contribution in [-0.4, -0.2) is 26.8 Å². The van der Waals surface area contributed by atoms with Gasteiger partial charge in [0.05, 0.1) is 5.69 Å². The second-order valence-corrected chi connectivity index (χ2v) is 8.90. The molecule has 3 atom stereocenters. The number of amidine groups is 1. The molecule has 4 heterocycles. The van der Waals surface area contributed by atoms with Crippen LogP contribution < -0.4 is 0 Å². The van der Waals surface area contributed by atoms with Crippen molar-refractivity contribution in [3.8, 4) is 11.3 Å². The summed E-state index contributed by atoms with van der Waals surface area (Å²) in [6.07, 6.45) is 2.92. The Labute approximate surface area is 180 Å². The second-order valence-electron chi connectivity index (χ2n) is 7.50. The van der Waals surface area contributed by atoms with E-state index >= 15 is 0 Å². The van der Waals surface area contributed by atoms with Gasteiger partial charge in [0.15, 0.2) is 5.17 Å². The first kappa shape index (κ1) is 18.8. The van der Waals surface area contributed by atoms with Gasteiger partial charge in [-0.3, -0.25) is 4.98 Å². The average Bonchev–Trinajstić information content (AvgIpc) is 3.45. The molecule has 6 heteroatoms. The Kier molecular flexibility index (Phi) is 4.88. The zero-order valence-corrected chi connectivity index (χ0v) is 18.0. The lowest BCUT2D eigenvalue weighted by Crippen LogP contribution is -2.35. The van der Waals surface area contributed by atoms with Gasteiger partial charge in [0.2, 0.25) is 0 Å². The summed E-state index contributed by atoms with van der Waals surface area (Å²) in [4.78, 5) is 12.1. The molecule has 2 aliphatic heterocycles. The maximum absolute atomic E-state index is 6.39. The molecule has 1 fully saturated rings. The first-order chi connectivity index (χ1) is 14.2. The molecule has 5 rings (SSSR count). The normalized spacial score (nSPS) is 23.3. The third-order valence-electron chi connectivity index (χ3n) is 5.70. The number of hydrogen-bond donors (Lipinski definition) is 0. The average molecular weight is 424 g/mol. The predicted molar refractivity (Wildman–Crippen MR) is 119 cm³/mol. The third-order valence-corrected chi connectivity index (χ3v) is 7.24. The van der Waals surface area contributed by atoms with Crippen molar-refractivity contribution in [1.82, 2.24) is 9.88 Å². The molecule has 0 saturated carbocycles. The Morgan fingerprint density at radius 1 is 1.21 bits per heavy atom. The number of rotatable bonds is 4. The number of benzene rings is 1. The van der Waals surface area contributed by atoms with Gasteiger partial charge in [-0.05, 0) is 49.2 Å². The molecule has 1 aromatic carbocycles. The summed E-state index contributed by atoms with van der Waals surface area (Å²) in [5.74, 6) is 2.82. The topological polar surface area (TPSA) is 41.6 Å². The maximum atomic E-state index is 6.39. The molecule has 0 aliphatic carbocycles. The highest BCUT2D eigenvalue weighted by molar-refractivity contribution is 8.14. The van der Waals surface area contributed by atoms with Crippen molar-refractivity contribution in [3.63, 3.8) is 0 Å². The van der Waals surface area contributed by atoms with Crippen molar-refractivity contribution in [3.05, 3.63) is 76.8 Å². The number of furan rings is 1. The highest BCUT2D eigenvalue weighted by Gasteiger charge is 2.46. The van der Waals surface area contributed by atoms with Gasteiger partial charge < -0.3 is 9.32 Å². The Balaban J connectivity index is 1.55. The van der Waals surface area contributed by atoms with Gasteiger partial charge >= 0.3 is 0 Å². The lowest BCUT2D eigenvalue weighted by molar-refractivity contribution is 0.226. The van der Waals surface area contributed by atoms with E-state index in [1.807, 2.05) is 55.2 Å². The summed E-state index contributed by atoms with van der Waals surface area (Å²) < 4.78 is 6.39. The number of halogens is 1. The van der Waals surface area contributed by atoms with E-state index in [1.54, 1.807) is 0 Å². The van der Waals surface area contributed by atoms with Gasteiger partial charge in [0.1, 0.15) is 23.6 Å². The fourth-order valence-electron chi connectivity index (χ4n) is 4.07. The number of thioether (sulfide) groups is 1. The SMILES string of the molecule is CC[C@@H]1CSC2=N[C@H](c3ccccn3)[C@H](c3ccc(-c4ccc(C)c(Cl)c4)o3)N21. The van der Waals surface area contributed by atoms with Crippen molar-refractivity contribution in [2.24, 2.45) is 4.99 Å². The quantitative estimate of drug-likeness (QED) is 0.495.